The minimum atomic E-state index is -3.61. The molecule has 152 valence electrons. The third-order valence-electron chi connectivity index (χ3n) is 4.45. The summed E-state index contributed by atoms with van der Waals surface area (Å²) in [5, 5.41) is 1.89. The summed E-state index contributed by atoms with van der Waals surface area (Å²) in [4.78, 5) is 23.0. The van der Waals surface area contributed by atoms with Gasteiger partial charge in [0.05, 0.1) is 0 Å². The zero-order chi connectivity index (χ0) is 20.4. The van der Waals surface area contributed by atoms with Crippen molar-refractivity contribution in [2.75, 3.05) is 12.1 Å². The van der Waals surface area contributed by atoms with E-state index < -0.39 is 7.07 Å². The van der Waals surface area contributed by atoms with Crippen LogP contribution < -0.4 is 10.3 Å². The maximum atomic E-state index is 10.6. The summed E-state index contributed by atoms with van der Waals surface area (Å²) in [5.74, 6) is 0.865. The molecule has 0 aliphatic carbocycles. The second-order valence-corrected chi connectivity index (χ2v) is 10.4. The topological polar surface area (TPSA) is 108 Å². The van der Waals surface area contributed by atoms with Gasteiger partial charge in [0, 0.05) is 0 Å². The van der Waals surface area contributed by atoms with Gasteiger partial charge in [0.2, 0.25) is 0 Å². The Morgan fingerprint density at radius 2 is 1.97 bits per heavy atom. The van der Waals surface area contributed by atoms with Gasteiger partial charge >= 0.3 is 172 Å². The molecular formula is C19H21ClN5O3P. The number of rotatable bonds is 7. The van der Waals surface area contributed by atoms with Gasteiger partial charge in [-0.15, -0.1) is 0 Å². The molecule has 29 heavy (non-hydrogen) atoms. The Morgan fingerprint density at radius 1 is 1.17 bits per heavy atom. The van der Waals surface area contributed by atoms with Gasteiger partial charge in [-0.05, 0) is 0 Å². The summed E-state index contributed by atoms with van der Waals surface area (Å²) >= 11 is 6.30. The minimum absolute atomic E-state index is 0.0945. The molecule has 0 saturated carbocycles. The standard InChI is InChI=1S/C19H21ClN5O3P/c1-13(9-25-11-24-17-18(21)22-10-23-19(17)25)27-12-29(20,26)28-16-8-4-6-14-5-2-3-7-15(14)16/h2-8,10-11,13,26,29H,9,12H2,1H3,(H2,21,22,23)/t13-/m1/s1. The molecule has 4 rings (SSSR count). The molecule has 0 aliphatic rings. The molecule has 2 heterocycles. The third-order valence-corrected chi connectivity index (χ3v) is 6.06. The molecular weight excluding hydrogens is 413 g/mol. The fourth-order valence-corrected chi connectivity index (χ4v) is 4.59. The van der Waals surface area contributed by atoms with Crippen molar-refractivity contribution in [3.8, 4) is 5.75 Å². The number of nitrogen functional groups attached to an aromatic ring is 1. The van der Waals surface area contributed by atoms with Gasteiger partial charge < -0.3 is 0 Å². The van der Waals surface area contributed by atoms with Crippen molar-refractivity contribution in [2.45, 2.75) is 19.6 Å². The average Bonchev–Trinajstić information content (AvgIpc) is 3.11. The fourth-order valence-electron chi connectivity index (χ4n) is 3.09. The molecule has 8 nitrogen and oxygen atoms in total. The molecule has 0 aliphatic heterocycles. The van der Waals surface area contributed by atoms with Gasteiger partial charge in [0.1, 0.15) is 0 Å². The van der Waals surface area contributed by atoms with E-state index in [0.29, 0.717) is 29.3 Å². The van der Waals surface area contributed by atoms with Crippen molar-refractivity contribution in [1.82, 2.24) is 19.5 Å². The molecule has 2 aromatic carbocycles. The molecule has 0 spiro atoms. The van der Waals surface area contributed by atoms with Crippen LogP contribution in [0.3, 0.4) is 0 Å². The van der Waals surface area contributed by atoms with Crippen LogP contribution in [0.25, 0.3) is 21.9 Å². The molecule has 0 saturated heterocycles. The van der Waals surface area contributed by atoms with Gasteiger partial charge in [0.25, 0.3) is 0 Å². The molecule has 1 atom stereocenters. The first-order chi connectivity index (χ1) is 13.9. The number of hydrogen-bond donors (Lipinski definition) is 2. The molecule has 0 bridgehead atoms. The maximum absolute atomic E-state index is 10.6. The van der Waals surface area contributed by atoms with Gasteiger partial charge in [-0.1, -0.05) is 0 Å². The number of benzene rings is 2. The Hall–Kier alpha value is -2.51. The van der Waals surface area contributed by atoms with E-state index in [-0.39, 0.29) is 12.5 Å². The molecule has 2 aromatic heterocycles. The van der Waals surface area contributed by atoms with Crippen LogP contribution in [0.2, 0.25) is 0 Å². The van der Waals surface area contributed by atoms with E-state index in [4.69, 9.17) is 26.2 Å². The van der Waals surface area contributed by atoms with Gasteiger partial charge in [-0.3, -0.25) is 0 Å². The second kappa shape index (κ2) is 8.08. The molecule has 3 N–H and O–H groups in total. The van der Waals surface area contributed by atoms with E-state index in [0.717, 1.165) is 10.8 Å². The molecule has 0 amide bonds. The molecule has 0 unspecified atom stereocenters. The van der Waals surface area contributed by atoms with E-state index in [1.165, 1.54) is 6.33 Å². The number of anilines is 1. The Labute approximate surface area is 172 Å². The van der Waals surface area contributed by atoms with Crippen LogP contribution in [-0.2, 0) is 11.3 Å². The predicted molar refractivity (Wildman–Crippen MR) is 116 cm³/mol. The van der Waals surface area contributed by atoms with Crippen LogP contribution in [-0.4, -0.2) is 36.9 Å². The molecule has 0 fully saturated rings. The van der Waals surface area contributed by atoms with Gasteiger partial charge in [0.15, 0.2) is 0 Å². The van der Waals surface area contributed by atoms with E-state index in [1.807, 2.05) is 47.9 Å². The van der Waals surface area contributed by atoms with Crippen molar-refractivity contribution in [3.63, 3.8) is 0 Å². The Balaban J connectivity index is 1.41. The van der Waals surface area contributed by atoms with Crippen molar-refractivity contribution in [1.29, 1.82) is 0 Å². The average molecular weight is 434 g/mol. The molecule has 0 radical (unpaired) electrons. The quantitative estimate of drug-likeness (QED) is 0.427. The zero-order valence-corrected chi connectivity index (χ0v) is 17.5. The van der Waals surface area contributed by atoms with Gasteiger partial charge in [-0.2, -0.15) is 0 Å². The number of hydrogen-bond acceptors (Lipinski definition) is 7. The summed E-state index contributed by atoms with van der Waals surface area (Å²) in [6.45, 7) is 2.33. The Kier molecular flexibility index (Phi) is 5.52. The summed E-state index contributed by atoms with van der Waals surface area (Å²) in [6.07, 6.45) is 2.66. The van der Waals surface area contributed by atoms with Gasteiger partial charge in [-0.25, -0.2) is 0 Å². The van der Waals surface area contributed by atoms with Crippen LogP contribution >= 0.6 is 18.3 Å². The number of nitrogens with two attached hydrogens (primary N) is 1. The summed E-state index contributed by atoms with van der Waals surface area (Å²) in [7, 11) is -3.61. The Morgan fingerprint density at radius 3 is 2.83 bits per heavy atom. The van der Waals surface area contributed by atoms with Crippen molar-refractivity contribution in [2.24, 2.45) is 0 Å². The van der Waals surface area contributed by atoms with E-state index in [1.54, 1.807) is 12.4 Å². The normalized spacial score (nSPS) is 13.6. The summed E-state index contributed by atoms with van der Waals surface area (Å²) < 4.78 is 13.4. The van der Waals surface area contributed by atoms with E-state index >= 15 is 0 Å². The fraction of sp³-hybridized carbons (Fsp3) is 0.211. The SMILES string of the molecule is C[C@H](Cn1cnc2c(N)ncnc21)OC[PH](O)(Cl)Oc1cccc2ccccc12. The summed E-state index contributed by atoms with van der Waals surface area (Å²) in [6, 6.07) is 13.4. The van der Waals surface area contributed by atoms with Crippen LogP contribution in [0.5, 0.6) is 5.75 Å². The number of nitrogens with zero attached hydrogens (tertiary/aromatic N) is 4. The third kappa shape index (κ3) is 4.41. The monoisotopic (exact) mass is 433 g/mol. The number of fused-ring (bicyclic) bond motifs is 2. The molecule has 10 heteroatoms. The summed E-state index contributed by atoms with van der Waals surface area (Å²) in [5.41, 5.74) is 6.98. The first-order valence-electron chi connectivity index (χ1n) is 9.04. The predicted octanol–water partition coefficient (Wildman–Crippen LogP) is 3.73. The van der Waals surface area contributed by atoms with Crippen LogP contribution in [0.15, 0.2) is 55.1 Å². The number of imidazole rings is 1. The van der Waals surface area contributed by atoms with Crippen molar-refractivity contribution in [3.05, 3.63) is 55.1 Å². The second-order valence-electron chi connectivity index (χ2n) is 6.72. The number of ether oxygens (including phenoxy) is 1. The first kappa shape index (κ1) is 19.8. The first-order valence-corrected chi connectivity index (χ1v) is 12.1. The van der Waals surface area contributed by atoms with Crippen LogP contribution in [0.4, 0.5) is 5.82 Å². The number of halogens is 1. The Bertz CT molecular complexity index is 1150. The zero-order valence-electron chi connectivity index (χ0n) is 15.7. The van der Waals surface area contributed by atoms with Crippen molar-refractivity contribution < 1.29 is 14.2 Å². The van der Waals surface area contributed by atoms with Crippen molar-refractivity contribution >= 4 is 46.1 Å². The van der Waals surface area contributed by atoms with E-state index in [9.17, 15) is 4.89 Å². The number of aromatic nitrogens is 4. The molecule has 4 aromatic rings. The van der Waals surface area contributed by atoms with Crippen LogP contribution in [0.1, 0.15) is 6.92 Å². The van der Waals surface area contributed by atoms with E-state index in [2.05, 4.69) is 15.0 Å². The van der Waals surface area contributed by atoms with Crippen LogP contribution in [0, 0.1) is 0 Å².